The number of hydrogen-bond acceptors (Lipinski definition) is 2. The van der Waals surface area contributed by atoms with Gasteiger partial charge in [0, 0.05) is 16.2 Å². The third kappa shape index (κ3) is 3.28. The molecule has 106 valence electrons. The van der Waals surface area contributed by atoms with E-state index in [1.54, 1.807) is 18.2 Å². The van der Waals surface area contributed by atoms with Gasteiger partial charge in [-0.3, -0.25) is 0 Å². The molecule has 0 saturated heterocycles. The molecule has 5 heteroatoms. The molecule has 1 N–H and O–H groups in total. The summed E-state index contributed by atoms with van der Waals surface area (Å²) in [7, 11) is 1.43. The van der Waals surface area contributed by atoms with Gasteiger partial charge in [0.15, 0.2) is 11.6 Å². The van der Waals surface area contributed by atoms with E-state index < -0.39 is 5.82 Å². The third-order valence-corrected chi connectivity index (χ3v) is 3.63. The predicted octanol–water partition coefficient (Wildman–Crippen LogP) is 4.91. The number of rotatable bonds is 4. The molecule has 0 heterocycles. The Balaban J connectivity index is 2.21. The number of benzene rings is 2. The van der Waals surface area contributed by atoms with Gasteiger partial charge in [-0.25, -0.2) is 8.78 Å². The highest BCUT2D eigenvalue weighted by Crippen LogP contribution is 2.29. The van der Waals surface area contributed by atoms with E-state index in [0.717, 1.165) is 11.3 Å². The Hall–Kier alpha value is -1.62. The third-order valence-electron chi connectivity index (χ3n) is 2.98. The first-order valence-corrected chi connectivity index (χ1v) is 6.85. The van der Waals surface area contributed by atoms with Crippen molar-refractivity contribution in [3.63, 3.8) is 0 Å². The molecule has 0 aliphatic rings. The number of halogens is 3. The zero-order valence-electron chi connectivity index (χ0n) is 11.1. The molecule has 1 atom stereocenters. The van der Waals surface area contributed by atoms with Gasteiger partial charge < -0.3 is 10.1 Å². The normalized spacial score (nSPS) is 12.1. The van der Waals surface area contributed by atoms with Crippen molar-refractivity contribution in [2.75, 3.05) is 12.4 Å². The van der Waals surface area contributed by atoms with Gasteiger partial charge in [0.05, 0.1) is 7.11 Å². The van der Waals surface area contributed by atoms with Crippen LogP contribution in [-0.2, 0) is 0 Å². The van der Waals surface area contributed by atoms with Gasteiger partial charge in [-0.05, 0) is 58.7 Å². The van der Waals surface area contributed by atoms with E-state index in [4.69, 9.17) is 4.74 Å². The molecule has 0 fully saturated rings. The van der Waals surface area contributed by atoms with Crippen LogP contribution in [0.5, 0.6) is 5.75 Å². The molecule has 2 nitrogen and oxygen atoms in total. The average Bonchev–Trinajstić information content (AvgIpc) is 2.42. The van der Waals surface area contributed by atoms with Crippen LogP contribution in [0.3, 0.4) is 0 Å². The van der Waals surface area contributed by atoms with E-state index in [9.17, 15) is 8.78 Å². The van der Waals surface area contributed by atoms with E-state index >= 15 is 0 Å². The second-order valence-corrected chi connectivity index (χ2v) is 5.24. The zero-order valence-corrected chi connectivity index (χ0v) is 12.7. The van der Waals surface area contributed by atoms with Crippen LogP contribution in [0, 0.1) is 11.6 Å². The van der Waals surface area contributed by atoms with Crippen molar-refractivity contribution in [2.45, 2.75) is 13.0 Å². The van der Waals surface area contributed by atoms with Crippen molar-refractivity contribution in [3.05, 3.63) is 58.1 Å². The quantitative estimate of drug-likeness (QED) is 0.853. The van der Waals surface area contributed by atoms with Crippen molar-refractivity contribution in [3.8, 4) is 5.75 Å². The fraction of sp³-hybridized carbons (Fsp3) is 0.200. The molecule has 2 rings (SSSR count). The highest BCUT2D eigenvalue weighted by molar-refractivity contribution is 9.10. The Kier molecular flexibility index (Phi) is 4.60. The lowest BCUT2D eigenvalue weighted by molar-refractivity contribution is 0.385. The van der Waals surface area contributed by atoms with E-state index in [1.165, 1.54) is 25.3 Å². The van der Waals surface area contributed by atoms with E-state index in [1.807, 2.05) is 6.92 Å². The van der Waals surface area contributed by atoms with Crippen LogP contribution in [0.4, 0.5) is 14.5 Å². The molecule has 0 aromatic heterocycles. The summed E-state index contributed by atoms with van der Waals surface area (Å²) in [6, 6.07) is 9.04. The smallest absolute Gasteiger partial charge is 0.165 e. The number of methoxy groups -OCH3 is 1. The Labute approximate surface area is 124 Å². The molecular weight excluding hydrogens is 328 g/mol. The standard InChI is InChI=1S/C15H14BrF2NO/c1-9(10-3-5-13(18)15(7-10)20-2)19-14-6-4-11(17)8-12(14)16/h3-9,19H,1-2H3. The molecule has 2 aromatic carbocycles. The molecule has 2 aromatic rings. The summed E-state index contributed by atoms with van der Waals surface area (Å²) in [5, 5.41) is 3.23. The SMILES string of the molecule is COc1cc(C(C)Nc2ccc(F)cc2Br)ccc1F. The summed E-state index contributed by atoms with van der Waals surface area (Å²) in [5.74, 6) is -0.501. The van der Waals surface area contributed by atoms with Crippen molar-refractivity contribution in [2.24, 2.45) is 0 Å². The number of nitrogens with one attached hydrogen (secondary N) is 1. The van der Waals surface area contributed by atoms with Gasteiger partial charge in [0.25, 0.3) is 0 Å². The monoisotopic (exact) mass is 341 g/mol. The lowest BCUT2D eigenvalue weighted by Gasteiger charge is -2.17. The van der Waals surface area contributed by atoms with Gasteiger partial charge >= 0.3 is 0 Å². The molecule has 0 spiro atoms. The largest absolute Gasteiger partial charge is 0.494 e. The average molecular weight is 342 g/mol. The molecular formula is C15H14BrF2NO. The molecule has 20 heavy (non-hydrogen) atoms. The van der Waals surface area contributed by atoms with Gasteiger partial charge in [-0.15, -0.1) is 0 Å². The Morgan fingerprint density at radius 3 is 2.55 bits per heavy atom. The highest BCUT2D eigenvalue weighted by atomic mass is 79.9. The van der Waals surface area contributed by atoms with Crippen molar-refractivity contribution in [1.29, 1.82) is 0 Å². The summed E-state index contributed by atoms with van der Waals surface area (Å²) in [5.41, 5.74) is 1.64. The Bertz CT molecular complexity index is 619. The van der Waals surface area contributed by atoms with Crippen molar-refractivity contribution >= 4 is 21.6 Å². The first-order valence-electron chi connectivity index (χ1n) is 6.06. The summed E-state index contributed by atoms with van der Waals surface area (Å²) in [6.45, 7) is 1.93. The van der Waals surface area contributed by atoms with Gasteiger partial charge in [-0.1, -0.05) is 6.07 Å². The molecule has 0 aliphatic heterocycles. The number of ether oxygens (including phenoxy) is 1. The minimum atomic E-state index is -0.397. The minimum absolute atomic E-state index is 0.0775. The molecule has 0 bridgehead atoms. The van der Waals surface area contributed by atoms with Crippen LogP contribution in [-0.4, -0.2) is 7.11 Å². The lowest BCUT2D eigenvalue weighted by atomic mass is 10.1. The summed E-state index contributed by atoms with van der Waals surface area (Å²) < 4.78 is 32.0. The van der Waals surface area contributed by atoms with Crippen LogP contribution in [0.15, 0.2) is 40.9 Å². The second kappa shape index (κ2) is 6.22. The molecule has 1 unspecified atom stereocenters. The van der Waals surface area contributed by atoms with Crippen molar-refractivity contribution < 1.29 is 13.5 Å². The number of anilines is 1. The first kappa shape index (κ1) is 14.8. The Morgan fingerprint density at radius 1 is 1.15 bits per heavy atom. The van der Waals surface area contributed by atoms with Gasteiger partial charge in [-0.2, -0.15) is 0 Å². The predicted molar refractivity (Wildman–Crippen MR) is 79.1 cm³/mol. The van der Waals surface area contributed by atoms with Crippen LogP contribution < -0.4 is 10.1 Å². The van der Waals surface area contributed by atoms with E-state index in [2.05, 4.69) is 21.2 Å². The van der Waals surface area contributed by atoms with Crippen molar-refractivity contribution in [1.82, 2.24) is 0 Å². The van der Waals surface area contributed by atoms with Gasteiger partial charge in [0.1, 0.15) is 5.82 Å². The number of hydrogen-bond donors (Lipinski definition) is 1. The maximum absolute atomic E-state index is 13.4. The van der Waals surface area contributed by atoms with Crippen LogP contribution in [0.1, 0.15) is 18.5 Å². The lowest BCUT2D eigenvalue weighted by Crippen LogP contribution is -2.07. The van der Waals surface area contributed by atoms with Crippen LogP contribution in [0.2, 0.25) is 0 Å². The molecule has 0 radical (unpaired) electrons. The maximum Gasteiger partial charge on any atom is 0.165 e. The van der Waals surface area contributed by atoms with E-state index in [0.29, 0.717) is 4.47 Å². The van der Waals surface area contributed by atoms with Crippen LogP contribution >= 0.6 is 15.9 Å². The molecule has 0 amide bonds. The summed E-state index contributed by atoms with van der Waals surface area (Å²) in [4.78, 5) is 0. The van der Waals surface area contributed by atoms with Crippen LogP contribution in [0.25, 0.3) is 0 Å². The zero-order chi connectivity index (χ0) is 14.7. The topological polar surface area (TPSA) is 21.3 Å². The summed E-state index contributed by atoms with van der Waals surface area (Å²) >= 11 is 3.30. The minimum Gasteiger partial charge on any atom is -0.494 e. The Morgan fingerprint density at radius 2 is 1.90 bits per heavy atom. The molecule has 0 saturated carbocycles. The maximum atomic E-state index is 13.4. The first-order chi connectivity index (χ1) is 9.51. The highest BCUT2D eigenvalue weighted by Gasteiger charge is 2.11. The summed E-state index contributed by atoms with van der Waals surface area (Å²) in [6.07, 6.45) is 0. The van der Waals surface area contributed by atoms with E-state index in [-0.39, 0.29) is 17.6 Å². The second-order valence-electron chi connectivity index (χ2n) is 4.38. The fourth-order valence-corrected chi connectivity index (χ4v) is 2.33. The fourth-order valence-electron chi connectivity index (χ4n) is 1.87. The van der Waals surface area contributed by atoms with Gasteiger partial charge in [0.2, 0.25) is 0 Å². The molecule has 0 aliphatic carbocycles.